The van der Waals surface area contributed by atoms with Crippen LogP contribution in [0, 0.1) is 5.82 Å². The molecular formula is C27H25FN2O5. The third-order valence-electron chi connectivity index (χ3n) is 6.39. The topological polar surface area (TPSA) is 105 Å². The first-order valence-corrected chi connectivity index (χ1v) is 11.2. The van der Waals surface area contributed by atoms with E-state index in [1.54, 1.807) is 6.92 Å². The van der Waals surface area contributed by atoms with Crippen LogP contribution in [0.25, 0.3) is 11.1 Å². The van der Waals surface area contributed by atoms with Crippen molar-refractivity contribution < 1.29 is 28.6 Å². The molecule has 0 aromatic heterocycles. The fourth-order valence-corrected chi connectivity index (χ4v) is 4.23. The number of carboxylic acids is 1. The predicted molar refractivity (Wildman–Crippen MR) is 129 cm³/mol. The van der Waals surface area contributed by atoms with E-state index in [-0.39, 0.29) is 24.6 Å². The maximum Gasteiger partial charge on any atom is 0.408 e. The minimum absolute atomic E-state index is 0.0714. The van der Waals surface area contributed by atoms with Gasteiger partial charge < -0.3 is 20.5 Å². The Morgan fingerprint density at radius 2 is 1.60 bits per heavy atom. The Bertz CT molecular complexity index is 1260. The average molecular weight is 477 g/mol. The van der Waals surface area contributed by atoms with E-state index >= 15 is 0 Å². The van der Waals surface area contributed by atoms with Crippen LogP contribution in [0.15, 0.2) is 66.7 Å². The number of nitrogens with one attached hydrogen (secondary N) is 2. The zero-order valence-electron chi connectivity index (χ0n) is 19.3. The zero-order valence-corrected chi connectivity index (χ0v) is 19.3. The van der Waals surface area contributed by atoms with Gasteiger partial charge >= 0.3 is 12.1 Å². The second-order valence-corrected chi connectivity index (χ2v) is 8.59. The third-order valence-corrected chi connectivity index (χ3v) is 6.39. The van der Waals surface area contributed by atoms with Gasteiger partial charge in [-0.15, -0.1) is 0 Å². The number of fused-ring (bicyclic) bond motifs is 3. The number of ether oxygens (including phenoxy) is 1. The molecule has 0 spiro atoms. The number of rotatable bonds is 7. The van der Waals surface area contributed by atoms with Gasteiger partial charge in [0, 0.05) is 5.92 Å². The van der Waals surface area contributed by atoms with E-state index in [0.717, 1.165) is 34.4 Å². The van der Waals surface area contributed by atoms with Crippen molar-refractivity contribution in [1.82, 2.24) is 5.32 Å². The summed E-state index contributed by atoms with van der Waals surface area (Å²) in [4.78, 5) is 37.1. The molecular weight excluding hydrogens is 451 g/mol. The third kappa shape index (κ3) is 4.73. The second-order valence-electron chi connectivity index (χ2n) is 8.59. The van der Waals surface area contributed by atoms with Crippen molar-refractivity contribution in [3.05, 3.63) is 89.2 Å². The first-order valence-electron chi connectivity index (χ1n) is 11.2. The summed E-state index contributed by atoms with van der Waals surface area (Å²) in [6.07, 6.45) is -0.573. The lowest BCUT2D eigenvalue weighted by molar-refractivity contribution is -0.121. The van der Waals surface area contributed by atoms with Gasteiger partial charge in [0.1, 0.15) is 18.0 Å². The van der Waals surface area contributed by atoms with Crippen molar-refractivity contribution >= 4 is 23.7 Å². The molecule has 1 aliphatic rings. The minimum Gasteiger partial charge on any atom is -0.478 e. The summed E-state index contributed by atoms with van der Waals surface area (Å²) in [6, 6.07) is 18.9. The molecule has 0 bridgehead atoms. The quantitative estimate of drug-likeness (QED) is 0.436. The number of carbonyl (C=O) groups excluding carboxylic acids is 2. The van der Waals surface area contributed by atoms with Gasteiger partial charge in [-0.2, -0.15) is 0 Å². The van der Waals surface area contributed by atoms with Gasteiger partial charge in [-0.3, -0.25) is 4.79 Å². The molecule has 2 amide bonds. The number of anilines is 1. The van der Waals surface area contributed by atoms with Crippen molar-refractivity contribution in [3.8, 4) is 11.1 Å². The van der Waals surface area contributed by atoms with Crippen molar-refractivity contribution in [2.75, 3.05) is 11.9 Å². The highest BCUT2D eigenvalue weighted by Crippen LogP contribution is 2.44. The van der Waals surface area contributed by atoms with Gasteiger partial charge in [-0.25, -0.2) is 14.0 Å². The van der Waals surface area contributed by atoms with Crippen LogP contribution in [0.2, 0.25) is 0 Å². The van der Waals surface area contributed by atoms with E-state index < -0.39 is 34.9 Å². The van der Waals surface area contributed by atoms with E-state index in [4.69, 9.17) is 4.74 Å². The predicted octanol–water partition coefficient (Wildman–Crippen LogP) is 5.17. The highest BCUT2D eigenvalue weighted by molar-refractivity contribution is 6.04. The lowest BCUT2D eigenvalue weighted by Crippen LogP contribution is -2.54. The van der Waals surface area contributed by atoms with E-state index in [0.29, 0.717) is 0 Å². The first-order chi connectivity index (χ1) is 16.7. The molecule has 3 N–H and O–H groups in total. The Morgan fingerprint density at radius 3 is 2.17 bits per heavy atom. The average Bonchev–Trinajstić information content (AvgIpc) is 3.17. The highest BCUT2D eigenvalue weighted by atomic mass is 19.1. The van der Waals surface area contributed by atoms with Crippen LogP contribution < -0.4 is 10.6 Å². The normalized spacial score (nSPS) is 13.8. The molecule has 0 fully saturated rings. The molecule has 180 valence electrons. The Morgan fingerprint density at radius 1 is 1.00 bits per heavy atom. The van der Waals surface area contributed by atoms with Crippen LogP contribution in [0.5, 0.6) is 0 Å². The first kappa shape index (κ1) is 23.9. The SMILES string of the molecule is CCC(C)(NC(=O)OCC1c2ccccc2-c2ccccc21)C(=O)Nc1ccc(F)cc1C(=O)O. The molecule has 0 saturated carbocycles. The summed E-state index contributed by atoms with van der Waals surface area (Å²) >= 11 is 0. The fraction of sp³-hybridized carbons (Fsp3) is 0.222. The molecule has 0 radical (unpaired) electrons. The van der Waals surface area contributed by atoms with Crippen molar-refractivity contribution in [2.24, 2.45) is 0 Å². The van der Waals surface area contributed by atoms with Crippen molar-refractivity contribution in [1.29, 1.82) is 0 Å². The number of halogens is 1. The molecule has 8 heteroatoms. The molecule has 35 heavy (non-hydrogen) atoms. The van der Waals surface area contributed by atoms with Crippen LogP contribution in [-0.4, -0.2) is 35.2 Å². The number of carbonyl (C=O) groups is 3. The number of alkyl carbamates (subject to hydrolysis) is 1. The molecule has 4 rings (SSSR count). The van der Waals surface area contributed by atoms with E-state index in [2.05, 4.69) is 10.6 Å². The van der Waals surface area contributed by atoms with Gasteiger partial charge in [0.15, 0.2) is 0 Å². The molecule has 0 saturated heterocycles. The lowest BCUT2D eigenvalue weighted by atomic mass is 9.97. The van der Waals surface area contributed by atoms with Gasteiger partial charge in [0.05, 0.1) is 11.3 Å². The lowest BCUT2D eigenvalue weighted by Gasteiger charge is -2.28. The molecule has 1 aliphatic carbocycles. The summed E-state index contributed by atoms with van der Waals surface area (Å²) in [7, 11) is 0. The number of amides is 2. The largest absolute Gasteiger partial charge is 0.478 e. The van der Waals surface area contributed by atoms with E-state index in [9.17, 15) is 23.9 Å². The Balaban J connectivity index is 1.45. The second kappa shape index (κ2) is 9.58. The summed E-state index contributed by atoms with van der Waals surface area (Å²) in [5, 5.41) is 14.4. The van der Waals surface area contributed by atoms with Crippen LogP contribution in [-0.2, 0) is 9.53 Å². The van der Waals surface area contributed by atoms with E-state index in [1.165, 1.54) is 13.0 Å². The molecule has 3 aromatic carbocycles. The monoisotopic (exact) mass is 476 g/mol. The van der Waals surface area contributed by atoms with Crippen LogP contribution in [0.4, 0.5) is 14.9 Å². The summed E-state index contributed by atoms with van der Waals surface area (Å²) < 4.78 is 19.0. The molecule has 0 aliphatic heterocycles. The van der Waals surface area contributed by atoms with Crippen LogP contribution in [0.3, 0.4) is 0 Å². The Hall–Kier alpha value is -4.20. The maximum atomic E-state index is 13.5. The van der Waals surface area contributed by atoms with Crippen LogP contribution >= 0.6 is 0 Å². The fourth-order valence-electron chi connectivity index (χ4n) is 4.23. The Kier molecular flexibility index (Phi) is 6.55. The number of carboxylic acid groups (broad SMARTS) is 1. The summed E-state index contributed by atoms with van der Waals surface area (Å²) in [6.45, 7) is 3.29. The maximum absolute atomic E-state index is 13.5. The van der Waals surface area contributed by atoms with Crippen molar-refractivity contribution in [3.63, 3.8) is 0 Å². The van der Waals surface area contributed by atoms with Gasteiger partial charge in [0.25, 0.3) is 0 Å². The summed E-state index contributed by atoms with van der Waals surface area (Å²) in [5.41, 5.74) is 2.47. The number of benzene rings is 3. The van der Waals surface area contributed by atoms with Gasteiger partial charge in [-0.05, 0) is 53.8 Å². The van der Waals surface area contributed by atoms with Crippen molar-refractivity contribution in [2.45, 2.75) is 31.7 Å². The number of hydrogen-bond donors (Lipinski definition) is 3. The molecule has 1 atom stereocenters. The molecule has 7 nitrogen and oxygen atoms in total. The standard InChI is InChI=1S/C27H25FN2O5/c1-3-27(2,25(33)29-23-13-12-16(28)14-21(23)24(31)32)30-26(34)35-15-22-19-10-6-4-8-17(19)18-9-5-7-11-20(18)22/h4-14,22H,3,15H2,1-2H3,(H,29,33)(H,30,34)(H,31,32). The molecule has 0 heterocycles. The number of aromatic carboxylic acids is 1. The number of hydrogen-bond acceptors (Lipinski definition) is 4. The highest BCUT2D eigenvalue weighted by Gasteiger charge is 2.35. The minimum atomic E-state index is -1.40. The zero-order chi connectivity index (χ0) is 25.2. The van der Waals surface area contributed by atoms with Crippen LogP contribution in [0.1, 0.15) is 47.7 Å². The molecule has 3 aromatic rings. The van der Waals surface area contributed by atoms with E-state index in [1.807, 2.05) is 48.5 Å². The smallest absolute Gasteiger partial charge is 0.408 e. The summed E-state index contributed by atoms with van der Waals surface area (Å²) in [5.74, 6) is -2.91. The Labute approximate surface area is 201 Å². The molecule has 1 unspecified atom stereocenters. The van der Waals surface area contributed by atoms with Gasteiger partial charge in [0.2, 0.25) is 5.91 Å². The van der Waals surface area contributed by atoms with Gasteiger partial charge in [-0.1, -0.05) is 55.5 Å².